The average Bonchev–Trinajstić information content (AvgIpc) is 2.46. The molecule has 0 radical (unpaired) electrons. The standard InChI is InChI=1S/C14H21N3O/c15-11-12-6-9-17(10-7-12)14(18)5-4-13-3-1-2-8-16-13/h1-3,8,12H,4-7,9-11,15H2. The zero-order valence-corrected chi connectivity index (χ0v) is 10.7. The lowest BCUT2D eigenvalue weighted by Crippen LogP contribution is -2.40. The third-order valence-electron chi connectivity index (χ3n) is 3.62. The topological polar surface area (TPSA) is 59.2 Å². The first kappa shape index (κ1) is 13.0. The van der Waals surface area contributed by atoms with Crippen molar-refractivity contribution in [2.24, 2.45) is 11.7 Å². The number of pyridine rings is 1. The number of piperidine rings is 1. The van der Waals surface area contributed by atoms with E-state index >= 15 is 0 Å². The number of aromatic nitrogens is 1. The summed E-state index contributed by atoms with van der Waals surface area (Å²) in [5.74, 6) is 0.848. The molecule has 4 heteroatoms. The van der Waals surface area contributed by atoms with Crippen molar-refractivity contribution in [3.05, 3.63) is 30.1 Å². The molecule has 2 N–H and O–H groups in total. The summed E-state index contributed by atoms with van der Waals surface area (Å²) in [5.41, 5.74) is 6.64. The lowest BCUT2D eigenvalue weighted by atomic mass is 9.97. The van der Waals surface area contributed by atoms with Crippen LogP contribution in [0.3, 0.4) is 0 Å². The SMILES string of the molecule is NCC1CCN(C(=O)CCc2ccccn2)CC1. The molecule has 0 spiro atoms. The van der Waals surface area contributed by atoms with Crippen molar-refractivity contribution >= 4 is 5.91 Å². The molecule has 1 amide bonds. The monoisotopic (exact) mass is 247 g/mol. The minimum Gasteiger partial charge on any atom is -0.343 e. The van der Waals surface area contributed by atoms with Crippen LogP contribution in [0.25, 0.3) is 0 Å². The number of carbonyl (C=O) groups is 1. The van der Waals surface area contributed by atoms with E-state index in [0.29, 0.717) is 12.3 Å². The molecule has 0 aliphatic carbocycles. The molecule has 18 heavy (non-hydrogen) atoms. The lowest BCUT2D eigenvalue weighted by Gasteiger charge is -2.31. The summed E-state index contributed by atoms with van der Waals surface area (Å²) in [4.78, 5) is 18.2. The van der Waals surface area contributed by atoms with E-state index in [0.717, 1.165) is 44.6 Å². The smallest absolute Gasteiger partial charge is 0.222 e. The molecule has 1 saturated heterocycles. The Labute approximate surface area is 108 Å². The summed E-state index contributed by atoms with van der Waals surface area (Å²) in [6, 6.07) is 5.82. The van der Waals surface area contributed by atoms with Crippen LogP contribution in [0, 0.1) is 5.92 Å². The van der Waals surface area contributed by atoms with Gasteiger partial charge in [-0.2, -0.15) is 0 Å². The largest absolute Gasteiger partial charge is 0.343 e. The van der Waals surface area contributed by atoms with Crippen LogP contribution < -0.4 is 5.73 Å². The number of nitrogens with zero attached hydrogens (tertiary/aromatic N) is 2. The first-order valence-electron chi connectivity index (χ1n) is 6.67. The maximum atomic E-state index is 12.0. The predicted octanol–water partition coefficient (Wildman–Crippen LogP) is 1.21. The van der Waals surface area contributed by atoms with Crippen molar-refractivity contribution in [2.75, 3.05) is 19.6 Å². The predicted molar refractivity (Wildman–Crippen MR) is 70.9 cm³/mol. The molecule has 0 bridgehead atoms. The Morgan fingerprint density at radius 2 is 2.17 bits per heavy atom. The molecule has 1 aromatic rings. The molecule has 0 unspecified atom stereocenters. The Kier molecular flexibility index (Phi) is 4.70. The van der Waals surface area contributed by atoms with Gasteiger partial charge in [-0.3, -0.25) is 9.78 Å². The molecule has 1 aromatic heterocycles. The lowest BCUT2D eigenvalue weighted by molar-refractivity contribution is -0.132. The molecular formula is C14H21N3O. The highest BCUT2D eigenvalue weighted by atomic mass is 16.2. The molecule has 1 aliphatic rings. The van der Waals surface area contributed by atoms with Gasteiger partial charge in [0.2, 0.25) is 5.91 Å². The van der Waals surface area contributed by atoms with Gasteiger partial charge in [0.15, 0.2) is 0 Å². The van der Waals surface area contributed by atoms with Crippen molar-refractivity contribution in [2.45, 2.75) is 25.7 Å². The van der Waals surface area contributed by atoms with Crippen LogP contribution in [0.5, 0.6) is 0 Å². The Morgan fingerprint density at radius 1 is 1.39 bits per heavy atom. The summed E-state index contributed by atoms with van der Waals surface area (Å²) in [6.45, 7) is 2.47. The Morgan fingerprint density at radius 3 is 2.78 bits per heavy atom. The van der Waals surface area contributed by atoms with Crippen molar-refractivity contribution < 1.29 is 4.79 Å². The van der Waals surface area contributed by atoms with Gasteiger partial charge in [-0.1, -0.05) is 6.07 Å². The maximum Gasteiger partial charge on any atom is 0.222 e. The first-order chi connectivity index (χ1) is 8.79. The van der Waals surface area contributed by atoms with Crippen LogP contribution in [-0.4, -0.2) is 35.4 Å². The summed E-state index contributed by atoms with van der Waals surface area (Å²) in [6.07, 6.45) is 5.16. The average molecular weight is 247 g/mol. The highest BCUT2D eigenvalue weighted by Gasteiger charge is 2.21. The minimum absolute atomic E-state index is 0.246. The van der Waals surface area contributed by atoms with Crippen LogP contribution in [0.4, 0.5) is 0 Å². The van der Waals surface area contributed by atoms with Crippen molar-refractivity contribution in [3.8, 4) is 0 Å². The minimum atomic E-state index is 0.246. The van der Waals surface area contributed by atoms with E-state index in [9.17, 15) is 4.79 Å². The number of rotatable bonds is 4. The van der Waals surface area contributed by atoms with Gasteiger partial charge in [0.25, 0.3) is 0 Å². The van der Waals surface area contributed by atoms with E-state index < -0.39 is 0 Å². The second kappa shape index (κ2) is 6.50. The number of carbonyl (C=O) groups excluding carboxylic acids is 1. The number of hydrogen-bond acceptors (Lipinski definition) is 3. The highest BCUT2D eigenvalue weighted by Crippen LogP contribution is 2.16. The van der Waals surface area contributed by atoms with Gasteiger partial charge in [-0.05, 0) is 43.9 Å². The molecule has 0 atom stereocenters. The van der Waals surface area contributed by atoms with E-state index in [1.807, 2.05) is 23.1 Å². The van der Waals surface area contributed by atoms with Crippen LogP contribution in [0.15, 0.2) is 24.4 Å². The molecule has 98 valence electrons. The number of amides is 1. The Bertz CT molecular complexity index is 372. The third-order valence-corrected chi connectivity index (χ3v) is 3.62. The summed E-state index contributed by atoms with van der Waals surface area (Å²) in [7, 11) is 0. The summed E-state index contributed by atoms with van der Waals surface area (Å²) < 4.78 is 0. The molecule has 4 nitrogen and oxygen atoms in total. The molecule has 1 aliphatic heterocycles. The van der Waals surface area contributed by atoms with Crippen LogP contribution in [0.1, 0.15) is 25.0 Å². The number of aryl methyl sites for hydroxylation is 1. The third kappa shape index (κ3) is 3.53. The fraction of sp³-hybridized carbons (Fsp3) is 0.571. The fourth-order valence-electron chi connectivity index (χ4n) is 2.36. The normalized spacial score (nSPS) is 16.8. The van der Waals surface area contributed by atoms with E-state index in [1.165, 1.54) is 0 Å². The van der Waals surface area contributed by atoms with E-state index in [2.05, 4.69) is 4.98 Å². The number of hydrogen-bond donors (Lipinski definition) is 1. The summed E-state index contributed by atoms with van der Waals surface area (Å²) in [5, 5.41) is 0. The number of likely N-dealkylation sites (tertiary alicyclic amines) is 1. The van der Waals surface area contributed by atoms with Crippen molar-refractivity contribution in [1.29, 1.82) is 0 Å². The molecule has 0 aromatic carbocycles. The summed E-state index contributed by atoms with van der Waals surface area (Å²) >= 11 is 0. The van der Waals surface area contributed by atoms with Gasteiger partial charge in [0.1, 0.15) is 0 Å². The highest BCUT2D eigenvalue weighted by molar-refractivity contribution is 5.76. The quantitative estimate of drug-likeness (QED) is 0.870. The molecule has 2 heterocycles. The Balaban J connectivity index is 1.75. The number of nitrogens with two attached hydrogens (primary N) is 1. The van der Waals surface area contributed by atoms with Gasteiger partial charge in [0, 0.05) is 31.4 Å². The van der Waals surface area contributed by atoms with Crippen LogP contribution >= 0.6 is 0 Å². The van der Waals surface area contributed by atoms with Gasteiger partial charge in [0.05, 0.1) is 0 Å². The van der Waals surface area contributed by atoms with Gasteiger partial charge in [-0.25, -0.2) is 0 Å². The first-order valence-corrected chi connectivity index (χ1v) is 6.67. The van der Waals surface area contributed by atoms with E-state index in [4.69, 9.17) is 5.73 Å². The van der Waals surface area contributed by atoms with Crippen LogP contribution in [-0.2, 0) is 11.2 Å². The maximum absolute atomic E-state index is 12.0. The molecule has 0 saturated carbocycles. The van der Waals surface area contributed by atoms with Crippen LogP contribution in [0.2, 0.25) is 0 Å². The zero-order chi connectivity index (χ0) is 12.8. The second-order valence-corrected chi connectivity index (χ2v) is 4.88. The van der Waals surface area contributed by atoms with E-state index in [1.54, 1.807) is 6.20 Å². The van der Waals surface area contributed by atoms with Gasteiger partial charge in [-0.15, -0.1) is 0 Å². The second-order valence-electron chi connectivity index (χ2n) is 4.88. The van der Waals surface area contributed by atoms with Gasteiger partial charge < -0.3 is 10.6 Å². The Hall–Kier alpha value is -1.42. The zero-order valence-electron chi connectivity index (χ0n) is 10.7. The van der Waals surface area contributed by atoms with E-state index in [-0.39, 0.29) is 5.91 Å². The molecule has 2 rings (SSSR count). The van der Waals surface area contributed by atoms with Crippen molar-refractivity contribution in [3.63, 3.8) is 0 Å². The molecule has 1 fully saturated rings. The van der Waals surface area contributed by atoms with Crippen molar-refractivity contribution in [1.82, 2.24) is 9.88 Å². The molecular weight excluding hydrogens is 226 g/mol. The van der Waals surface area contributed by atoms with Gasteiger partial charge >= 0.3 is 0 Å². The fourth-order valence-corrected chi connectivity index (χ4v) is 2.36.